The van der Waals surface area contributed by atoms with Crippen LogP contribution in [-0.2, 0) is 6.54 Å². The Balaban J connectivity index is 2.17. The van der Waals surface area contributed by atoms with E-state index in [2.05, 4.69) is 29.4 Å². The molecule has 2 N–H and O–H groups in total. The lowest BCUT2D eigenvalue weighted by atomic mass is 10.1. The van der Waals surface area contributed by atoms with Crippen LogP contribution in [0.25, 0.3) is 11.3 Å². The Morgan fingerprint density at radius 2 is 2.20 bits per heavy atom. The molecule has 2 rings (SSSR count). The number of thioether (sulfide) groups is 1. The molecular weight excluding hydrogens is 273 g/mol. The van der Waals surface area contributed by atoms with Gasteiger partial charge in [0.05, 0.1) is 11.9 Å². The van der Waals surface area contributed by atoms with E-state index in [0.717, 1.165) is 29.9 Å². The fraction of sp³-hybridized carbons (Fsp3) is 0.400. The number of nitrogens with one attached hydrogen (secondary N) is 2. The predicted octanol–water partition coefficient (Wildman–Crippen LogP) is 3.68. The maximum atomic E-state index is 13.9. The van der Waals surface area contributed by atoms with Crippen molar-refractivity contribution in [1.82, 2.24) is 15.5 Å². The molecule has 0 atom stereocenters. The Kier molecular flexibility index (Phi) is 5.20. The summed E-state index contributed by atoms with van der Waals surface area (Å²) in [5, 5.41) is 10.4. The van der Waals surface area contributed by atoms with Gasteiger partial charge in [0.2, 0.25) is 0 Å². The Bertz CT molecular complexity index is 566. The molecule has 108 valence electrons. The number of hydrogen-bond acceptors (Lipinski definition) is 3. The lowest BCUT2D eigenvalue weighted by molar-refractivity contribution is 0.552. The van der Waals surface area contributed by atoms with E-state index in [9.17, 15) is 4.39 Å². The first-order valence-corrected chi connectivity index (χ1v) is 7.91. The standard InChI is InChI=1S/C15H20FN3S/c1-10(2)7-17-8-12-9-18-19-15(12)11-4-5-14(20-3)13(16)6-11/h4-6,9-10,17H,7-8H2,1-3H3,(H,18,19). The number of hydrogen-bond donors (Lipinski definition) is 2. The Morgan fingerprint density at radius 3 is 2.85 bits per heavy atom. The minimum atomic E-state index is -0.189. The van der Waals surface area contributed by atoms with Gasteiger partial charge in [0.25, 0.3) is 0 Å². The van der Waals surface area contributed by atoms with Crippen LogP contribution in [0, 0.1) is 11.7 Å². The molecule has 0 aliphatic rings. The second kappa shape index (κ2) is 6.90. The van der Waals surface area contributed by atoms with Gasteiger partial charge in [-0.15, -0.1) is 11.8 Å². The summed E-state index contributed by atoms with van der Waals surface area (Å²) in [5.41, 5.74) is 2.77. The van der Waals surface area contributed by atoms with Gasteiger partial charge < -0.3 is 5.32 Å². The second-order valence-corrected chi connectivity index (χ2v) is 5.99. The van der Waals surface area contributed by atoms with Crippen LogP contribution in [0.4, 0.5) is 4.39 Å². The summed E-state index contributed by atoms with van der Waals surface area (Å²) < 4.78 is 13.9. The zero-order chi connectivity index (χ0) is 14.5. The summed E-state index contributed by atoms with van der Waals surface area (Å²) >= 11 is 1.41. The molecule has 1 aromatic heterocycles. The van der Waals surface area contributed by atoms with Crippen LogP contribution >= 0.6 is 11.8 Å². The quantitative estimate of drug-likeness (QED) is 0.798. The van der Waals surface area contributed by atoms with E-state index in [1.165, 1.54) is 11.8 Å². The topological polar surface area (TPSA) is 40.7 Å². The number of aromatic amines is 1. The zero-order valence-corrected chi connectivity index (χ0v) is 12.9. The van der Waals surface area contributed by atoms with Crippen molar-refractivity contribution in [1.29, 1.82) is 0 Å². The summed E-state index contributed by atoms with van der Waals surface area (Å²) in [6.07, 6.45) is 3.67. The molecule has 20 heavy (non-hydrogen) atoms. The highest BCUT2D eigenvalue weighted by atomic mass is 32.2. The van der Waals surface area contributed by atoms with Crippen LogP contribution < -0.4 is 5.32 Å². The molecule has 0 saturated carbocycles. The summed E-state index contributed by atoms with van der Waals surface area (Å²) in [6.45, 7) is 6.01. The monoisotopic (exact) mass is 293 g/mol. The van der Waals surface area contributed by atoms with Gasteiger partial charge in [0, 0.05) is 22.6 Å². The van der Waals surface area contributed by atoms with Crippen LogP contribution in [0.3, 0.4) is 0 Å². The van der Waals surface area contributed by atoms with Gasteiger partial charge in [-0.3, -0.25) is 5.10 Å². The first-order valence-electron chi connectivity index (χ1n) is 6.68. The van der Waals surface area contributed by atoms with Crippen LogP contribution in [0.2, 0.25) is 0 Å². The van der Waals surface area contributed by atoms with Gasteiger partial charge in [-0.1, -0.05) is 19.9 Å². The number of rotatable bonds is 6. The van der Waals surface area contributed by atoms with E-state index < -0.39 is 0 Å². The fourth-order valence-corrected chi connectivity index (χ4v) is 2.47. The third kappa shape index (κ3) is 3.61. The third-order valence-electron chi connectivity index (χ3n) is 3.03. The maximum Gasteiger partial charge on any atom is 0.137 e. The first-order chi connectivity index (χ1) is 9.61. The van der Waals surface area contributed by atoms with Gasteiger partial charge in [-0.2, -0.15) is 5.10 Å². The Labute approximate surface area is 123 Å². The molecule has 0 aliphatic carbocycles. The van der Waals surface area contributed by atoms with E-state index in [-0.39, 0.29) is 5.82 Å². The molecule has 0 radical (unpaired) electrons. The molecule has 2 aromatic rings. The number of aromatic nitrogens is 2. The van der Waals surface area contributed by atoms with E-state index in [1.807, 2.05) is 18.4 Å². The first kappa shape index (κ1) is 15.1. The van der Waals surface area contributed by atoms with E-state index in [0.29, 0.717) is 10.8 Å². The molecular formula is C15H20FN3S. The lowest BCUT2D eigenvalue weighted by Crippen LogP contribution is -2.19. The number of H-pyrrole nitrogens is 1. The summed E-state index contributed by atoms with van der Waals surface area (Å²) in [6, 6.07) is 5.29. The molecule has 0 aliphatic heterocycles. The average molecular weight is 293 g/mol. The van der Waals surface area contributed by atoms with Crippen LogP contribution in [0.15, 0.2) is 29.3 Å². The fourth-order valence-electron chi connectivity index (χ4n) is 2.01. The average Bonchev–Trinajstić information content (AvgIpc) is 2.86. The summed E-state index contributed by atoms with van der Waals surface area (Å²) in [5.74, 6) is 0.411. The smallest absolute Gasteiger partial charge is 0.137 e. The Morgan fingerprint density at radius 1 is 1.40 bits per heavy atom. The van der Waals surface area contributed by atoms with Crippen molar-refractivity contribution in [2.75, 3.05) is 12.8 Å². The highest BCUT2D eigenvalue weighted by Crippen LogP contribution is 2.26. The minimum Gasteiger partial charge on any atom is -0.312 e. The van der Waals surface area contributed by atoms with Crippen molar-refractivity contribution in [3.8, 4) is 11.3 Å². The normalized spacial score (nSPS) is 11.2. The molecule has 3 nitrogen and oxygen atoms in total. The largest absolute Gasteiger partial charge is 0.312 e. The van der Waals surface area contributed by atoms with Crippen molar-refractivity contribution in [2.45, 2.75) is 25.3 Å². The minimum absolute atomic E-state index is 0.189. The third-order valence-corrected chi connectivity index (χ3v) is 3.80. The van der Waals surface area contributed by atoms with E-state index in [4.69, 9.17) is 0 Å². The lowest BCUT2D eigenvalue weighted by Gasteiger charge is -2.08. The van der Waals surface area contributed by atoms with Crippen molar-refractivity contribution in [3.63, 3.8) is 0 Å². The van der Waals surface area contributed by atoms with Crippen molar-refractivity contribution in [3.05, 3.63) is 35.8 Å². The SMILES string of the molecule is CSc1ccc(-c2[nH]ncc2CNCC(C)C)cc1F. The molecule has 0 fully saturated rings. The molecule has 0 saturated heterocycles. The molecule has 0 amide bonds. The summed E-state index contributed by atoms with van der Waals surface area (Å²) in [4.78, 5) is 0.660. The zero-order valence-electron chi connectivity index (χ0n) is 12.0. The molecule has 1 aromatic carbocycles. The molecule has 0 unspecified atom stereocenters. The van der Waals surface area contributed by atoms with Crippen molar-refractivity contribution in [2.24, 2.45) is 5.92 Å². The van der Waals surface area contributed by atoms with E-state index >= 15 is 0 Å². The Hall–Kier alpha value is -1.33. The van der Waals surface area contributed by atoms with Crippen LogP contribution in [0.5, 0.6) is 0 Å². The van der Waals surface area contributed by atoms with Gasteiger partial charge >= 0.3 is 0 Å². The van der Waals surface area contributed by atoms with Crippen LogP contribution in [0.1, 0.15) is 19.4 Å². The molecule has 5 heteroatoms. The predicted molar refractivity (Wildman–Crippen MR) is 82.3 cm³/mol. The van der Waals surface area contributed by atoms with E-state index in [1.54, 1.807) is 12.3 Å². The molecule has 0 bridgehead atoms. The van der Waals surface area contributed by atoms with Crippen molar-refractivity contribution < 1.29 is 4.39 Å². The van der Waals surface area contributed by atoms with Gasteiger partial charge in [-0.05, 0) is 30.9 Å². The molecule has 1 heterocycles. The molecule has 0 spiro atoms. The van der Waals surface area contributed by atoms with Crippen LogP contribution in [-0.4, -0.2) is 23.0 Å². The summed E-state index contributed by atoms with van der Waals surface area (Å²) in [7, 11) is 0. The van der Waals surface area contributed by atoms with Crippen molar-refractivity contribution >= 4 is 11.8 Å². The number of nitrogens with zero attached hydrogens (tertiary/aromatic N) is 1. The van der Waals surface area contributed by atoms with Gasteiger partial charge in [0.15, 0.2) is 0 Å². The van der Waals surface area contributed by atoms with Gasteiger partial charge in [-0.25, -0.2) is 4.39 Å². The maximum absolute atomic E-state index is 13.9. The highest BCUT2D eigenvalue weighted by molar-refractivity contribution is 7.98. The highest BCUT2D eigenvalue weighted by Gasteiger charge is 2.10. The van der Waals surface area contributed by atoms with Gasteiger partial charge in [0.1, 0.15) is 5.82 Å². The number of halogens is 1. The second-order valence-electron chi connectivity index (χ2n) is 5.14. The number of benzene rings is 1.